The first-order valence-corrected chi connectivity index (χ1v) is 6.82. The Hall–Kier alpha value is -1.10. The highest BCUT2D eigenvalue weighted by molar-refractivity contribution is 9.10. The molecule has 0 fully saturated rings. The highest BCUT2D eigenvalue weighted by Gasteiger charge is 2.18. The molecule has 0 aliphatic rings. The molecule has 2 heterocycles. The number of aliphatic hydroxyl groups is 1. The van der Waals surface area contributed by atoms with Crippen LogP contribution in [0.2, 0.25) is 0 Å². The van der Waals surface area contributed by atoms with Crippen LogP contribution in [0, 0.1) is 0 Å². The van der Waals surface area contributed by atoms with Crippen molar-refractivity contribution < 1.29 is 9.52 Å². The summed E-state index contributed by atoms with van der Waals surface area (Å²) < 4.78 is 7.19. The van der Waals surface area contributed by atoms with Crippen molar-refractivity contribution in [1.29, 1.82) is 0 Å². The predicted octanol–water partition coefficient (Wildman–Crippen LogP) is 4.34. The van der Waals surface area contributed by atoms with Crippen molar-refractivity contribution in [2.75, 3.05) is 0 Å². The van der Waals surface area contributed by atoms with Gasteiger partial charge in [0.15, 0.2) is 4.67 Å². The second-order valence-corrected chi connectivity index (χ2v) is 5.42. The molecular weight excluding hydrogens is 300 g/mol. The van der Waals surface area contributed by atoms with Crippen molar-refractivity contribution in [2.24, 2.45) is 0 Å². The van der Waals surface area contributed by atoms with E-state index in [1.165, 1.54) is 4.70 Å². The topological polar surface area (TPSA) is 33.4 Å². The van der Waals surface area contributed by atoms with Gasteiger partial charge in [0, 0.05) is 10.3 Å². The van der Waals surface area contributed by atoms with Gasteiger partial charge in [-0.2, -0.15) is 0 Å². The van der Waals surface area contributed by atoms with E-state index in [1.807, 2.05) is 29.6 Å². The number of halogens is 1. The summed E-state index contributed by atoms with van der Waals surface area (Å²) in [4.78, 5) is 0. The summed E-state index contributed by atoms with van der Waals surface area (Å²) >= 11 is 4.87. The maximum absolute atomic E-state index is 10.3. The summed E-state index contributed by atoms with van der Waals surface area (Å²) in [5.41, 5.74) is 0.896. The van der Waals surface area contributed by atoms with Crippen molar-refractivity contribution in [3.05, 3.63) is 57.8 Å². The van der Waals surface area contributed by atoms with Crippen LogP contribution < -0.4 is 0 Å². The maximum atomic E-state index is 10.3. The molecule has 0 radical (unpaired) electrons. The minimum atomic E-state index is -0.711. The molecule has 1 unspecified atom stereocenters. The fraction of sp³-hybridized carbons (Fsp3) is 0.0769. The number of furan rings is 1. The monoisotopic (exact) mass is 308 g/mol. The molecule has 2 aromatic heterocycles. The van der Waals surface area contributed by atoms with Crippen LogP contribution in [-0.2, 0) is 0 Å². The molecule has 0 saturated heterocycles. The second-order valence-electron chi connectivity index (χ2n) is 3.73. The van der Waals surface area contributed by atoms with Crippen LogP contribution in [0.5, 0.6) is 0 Å². The van der Waals surface area contributed by atoms with Gasteiger partial charge in [-0.1, -0.05) is 18.2 Å². The lowest BCUT2D eigenvalue weighted by molar-refractivity contribution is 0.189. The first-order valence-electron chi connectivity index (χ1n) is 5.15. The summed E-state index contributed by atoms with van der Waals surface area (Å²) in [5, 5.41) is 13.3. The Labute approximate surface area is 111 Å². The molecule has 1 atom stereocenters. The van der Waals surface area contributed by atoms with Crippen molar-refractivity contribution >= 4 is 37.4 Å². The van der Waals surface area contributed by atoms with E-state index in [2.05, 4.69) is 15.9 Å². The van der Waals surface area contributed by atoms with Crippen molar-refractivity contribution in [1.82, 2.24) is 0 Å². The average molecular weight is 309 g/mol. The Kier molecular flexibility index (Phi) is 2.78. The highest BCUT2D eigenvalue weighted by Crippen LogP contribution is 2.34. The SMILES string of the molecule is OC(c1ccc(Br)o1)c1csc2ccccc12. The summed E-state index contributed by atoms with van der Waals surface area (Å²) in [5.74, 6) is 0.556. The molecule has 4 heteroatoms. The lowest BCUT2D eigenvalue weighted by Crippen LogP contribution is -1.96. The minimum absolute atomic E-state index is 0.556. The maximum Gasteiger partial charge on any atom is 0.169 e. The Morgan fingerprint density at radius 2 is 2.00 bits per heavy atom. The lowest BCUT2D eigenvalue weighted by Gasteiger charge is -2.06. The van der Waals surface area contributed by atoms with Gasteiger partial charge in [0.25, 0.3) is 0 Å². The molecule has 1 aromatic carbocycles. The molecule has 3 rings (SSSR count). The summed E-state index contributed by atoms with van der Waals surface area (Å²) in [6.07, 6.45) is -0.711. The van der Waals surface area contributed by atoms with E-state index >= 15 is 0 Å². The summed E-state index contributed by atoms with van der Waals surface area (Å²) in [7, 11) is 0. The molecule has 1 N–H and O–H groups in total. The quantitative estimate of drug-likeness (QED) is 0.764. The van der Waals surface area contributed by atoms with Crippen LogP contribution in [-0.4, -0.2) is 5.11 Å². The minimum Gasteiger partial charge on any atom is -0.451 e. The first kappa shape index (κ1) is 11.0. The van der Waals surface area contributed by atoms with Crippen LogP contribution in [0.15, 0.2) is 50.9 Å². The lowest BCUT2D eigenvalue weighted by atomic mass is 10.1. The molecule has 17 heavy (non-hydrogen) atoms. The van der Waals surface area contributed by atoms with E-state index in [9.17, 15) is 5.11 Å². The van der Waals surface area contributed by atoms with Gasteiger partial charge in [-0.25, -0.2) is 0 Å². The molecule has 3 aromatic rings. The third kappa shape index (κ3) is 1.92. The van der Waals surface area contributed by atoms with Crippen LogP contribution in [0.3, 0.4) is 0 Å². The zero-order chi connectivity index (χ0) is 11.8. The van der Waals surface area contributed by atoms with Gasteiger partial charge in [0.05, 0.1) is 0 Å². The molecule has 0 aliphatic heterocycles. The molecule has 0 spiro atoms. The van der Waals surface area contributed by atoms with Crippen LogP contribution in [0.1, 0.15) is 17.4 Å². The van der Waals surface area contributed by atoms with Crippen molar-refractivity contribution in [2.45, 2.75) is 6.10 Å². The van der Waals surface area contributed by atoms with Gasteiger partial charge in [-0.15, -0.1) is 11.3 Å². The Bertz CT molecular complexity index is 656. The normalized spacial score (nSPS) is 13.1. The number of fused-ring (bicyclic) bond motifs is 1. The third-order valence-corrected chi connectivity index (χ3v) is 4.08. The standard InChI is InChI=1S/C13H9BrO2S/c14-12-6-5-10(16-12)13(15)9-7-17-11-4-2-1-3-8(9)11/h1-7,13,15H. The summed E-state index contributed by atoms with van der Waals surface area (Å²) in [6, 6.07) is 11.6. The number of hydrogen-bond donors (Lipinski definition) is 1. The molecule has 86 valence electrons. The van der Waals surface area contributed by atoms with Gasteiger partial charge in [-0.3, -0.25) is 0 Å². The van der Waals surface area contributed by atoms with Crippen LogP contribution in [0.25, 0.3) is 10.1 Å². The van der Waals surface area contributed by atoms with E-state index in [0.717, 1.165) is 10.9 Å². The zero-order valence-corrected chi connectivity index (χ0v) is 11.2. The molecule has 0 amide bonds. The molecular formula is C13H9BrO2S. The Balaban J connectivity index is 2.09. The smallest absolute Gasteiger partial charge is 0.169 e. The average Bonchev–Trinajstić information content (AvgIpc) is 2.94. The zero-order valence-electron chi connectivity index (χ0n) is 8.76. The number of rotatable bonds is 2. The largest absolute Gasteiger partial charge is 0.451 e. The van der Waals surface area contributed by atoms with E-state index < -0.39 is 6.10 Å². The van der Waals surface area contributed by atoms with Gasteiger partial charge in [0.1, 0.15) is 11.9 Å². The van der Waals surface area contributed by atoms with Crippen LogP contribution >= 0.6 is 27.3 Å². The van der Waals surface area contributed by atoms with Crippen molar-refractivity contribution in [3.63, 3.8) is 0 Å². The second kappa shape index (κ2) is 4.29. The molecule has 2 nitrogen and oxygen atoms in total. The van der Waals surface area contributed by atoms with E-state index in [1.54, 1.807) is 23.5 Å². The van der Waals surface area contributed by atoms with Crippen molar-refractivity contribution in [3.8, 4) is 0 Å². The van der Waals surface area contributed by atoms with E-state index in [-0.39, 0.29) is 0 Å². The first-order chi connectivity index (χ1) is 8.25. The predicted molar refractivity (Wildman–Crippen MR) is 72.3 cm³/mol. The van der Waals surface area contributed by atoms with Crippen LogP contribution in [0.4, 0.5) is 0 Å². The highest BCUT2D eigenvalue weighted by atomic mass is 79.9. The molecule has 0 bridgehead atoms. The third-order valence-electron chi connectivity index (χ3n) is 2.67. The van der Waals surface area contributed by atoms with Gasteiger partial charge < -0.3 is 9.52 Å². The number of thiophene rings is 1. The molecule has 0 aliphatic carbocycles. The number of benzene rings is 1. The van der Waals surface area contributed by atoms with E-state index in [0.29, 0.717) is 10.4 Å². The number of hydrogen-bond acceptors (Lipinski definition) is 3. The summed E-state index contributed by atoms with van der Waals surface area (Å²) in [6.45, 7) is 0. The fourth-order valence-electron chi connectivity index (χ4n) is 1.84. The Morgan fingerprint density at radius 3 is 2.76 bits per heavy atom. The van der Waals surface area contributed by atoms with Gasteiger partial charge in [0.2, 0.25) is 0 Å². The van der Waals surface area contributed by atoms with E-state index in [4.69, 9.17) is 4.42 Å². The Morgan fingerprint density at radius 1 is 1.18 bits per heavy atom. The van der Waals surface area contributed by atoms with Gasteiger partial charge in [-0.05, 0) is 44.9 Å². The number of aliphatic hydroxyl groups excluding tert-OH is 1. The molecule has 0 saturated carbocycles. The van der Waals surface area contributed by atoms with Gasteiger partial charge >= 0.3 is 0 Å². The fourth-order valence-corrected chi connectivity index (χ4v) is 3.14.